The maximum atomic E-state index is 9.93. The summed E-state index contributed by atoms with van der Waals surface area (Å²) in [5, 5.41) is 0. The highest BCUT2D eigenvalue weighted by Gasteiger charge is 2.04. The number of nitrogens with two attached hydrogens (primary N) is 1. The van der Waals surface area contributed by atoms with E-state index in [1.165, 1.54) is 0 Å². The van der Waals surface area contributed by atoms with Gasteiger partial charge in [0.1, 0.15) is 0 Å². The molecule has 2 N–H and O–H groups in total. The van der Waals surface area contributed by atoms with Crippen molar-refractivity contribution in [2.24, 2.45) is 5.73 Å². The third-order valence-corrected chi connectivity index (χ3v) is 1.43. The van der Waals surface area contributed by atoms with Gasteiger partial charge in [0.25, 0.3) is 0 Å². The highest BCUT2D eigenvalue weighted by Crippen LogP contribution is 2.00. The molecule has 0 fully saturated rings. The van der Waals surface area contributed by atoms with Crippen molar-refractivity contribution < 1.29 is 12.9 Å². The van der Waals surface area contributed by atoms with Crippen molar-refractivity contribution >= 4 is 11.4 Å². The van der Waals surface area contributed by atoms with Crippen LogP contribution in [-0.4, -0.2) is 20.9 Å². The lowest BCUT2D eigenvalue weighted by atomic mass is 10.2. The molecule has 0 amide bonds. The van der Waals surface area contributed by atoms with E-state index >= 15 is 0 Å². The monoisotopic (exact) mass is 166 g/mol. The summed E-state index contributed by atoms with van der Waals surface area (Å²) >= 11 is -2.42. The van der Waals surface area contributed by atoms with Crippen molar-refractivity contribution in [1.29, 1.82) is 0 Å². The number of hydrogen-bond donors (Lipinski definition) is 1. The SMILES string of the molecule is CC(N)CC(C)OS(=O)[O-]. The first-order valence-corrected chi connectivity index (χ1v) is 4.04. The molecule has 0 aliphatic carbocycles. The molecule has 3 unspecified atom stereocenters. The zero-order valence-corrected chi connectivity index (χ0v) is 6.89. The molecule has 0 radical (unpaired) electrons. The molecule has 0 bridgehead atoms. The van der Waals surface area contributed by atoms with Crippen molar-refractivity contribution in [1.82, 2.24) is 0 Å². The third-order valence-electron chi connectivity index (χ3n) is 0.947. The van der Waals surface area contributed by atoms with Crippen LogP contribution in [0.25, 0.3) is 0 Å². The molecular formula is C5H12NO3S-. The smallest absolute Gasteiger partial charge is 0.0844 e. The van der Waals surface area contributed by atoms with Crippen LogP contribution in [0.4, 0.5) is 0 Å². The minimum atomic E-state index is -2.42. The van der Waals surface area contributed by atoms with Crippen LogP contribution < -0.4 is 5.73 Å². The standard InChI is InChI=1S/C5H13NO3S/c1-4(6)3-5(2)9-10(7)8/h4-5H,3,6H2,1-2H3,(H,7,8)/p-1. The fourth-order valence-electron chi connectivity index (χ4n) is 0.697. The minimum Gasteiger partial charge on any atom is -0.750 e. The Kier molecular flexibility index (Phi) is 4.80. The Morgan fingerprint density at radius 2 is 2.20 bits per heavy atom. The van der Waals surface area contributed by atoms with Crippen LogP contribution in [0.3, 0.4) is 0 Å². The van der Waals surface area contributed by atoms with Gasteiger partial charge in [-0.15, -0.1) is 0 Å². The number of hydrogen-bond acceptors (Lipinski definition) is 4. The summed E-state index contributed by atoms with van der Waals surface area (Å²) in [7, 11) is 0. The Morgan fingerprint density at radius 3 is 2.50 bits per heavy atom. The lowest BCUT2D eigenvalue weighted by Gasteiger charge is -2.15. The second kappa shape index (κ2) is 4.79. The van der Waals surface area contributed by atoms with E-state index in [9.17, 15) is 8.76 Å². The molecule has 0 rings (SSSR count). The van der Waals surface area contributed by atoms with Gasteiger partial charge in [-0.2, -0.15) is 0 Å². The average Bonchev–Trinajstić information content (AvgIpc) is 1.58. The largest absolute Gasteiger partial charge is 0.750 e. The van der Waals surface area contributed by atoms with Gasteiger partial charge >= 0.3 is 0 Å². The molecule has 0 heterocycles. The van der Waals surface area contributed by atoms with Gasteiger partial charge in [0.05, 0.1) is 17.5 Å². The predicted molar refractivity (Wildman–Crippen MR) is 37.7 cm³/mol. The van der Waals surface area contributed by atoms with Gasteiger partial charge in [0.2, 0.25) is 0 Å². The van der Waals surface area contributed by atoms with Crippen LogP contribution in [0.15, 0.2) is 0 Å². The van der Waals surface area contributed by atoms with Gasteiger partial charge in [0.15, 0.2) is 0 Å². The van der Waals surface area contributed by atoms with E-state index in [2.05, 4.69) is 4.18 Å². The van der Waals surface area contributed by atoms with E-state index in [4.69, 9.17) is 5.73 Å². The fourth-order valence-corrected chi connectivity index (χ4v) is 1.04. The lowest BCUT2D eigenvalue weighted by Crippen LogP contribution is -2.23. The van der Waals surface area contributed by atoms with E-state index in [0.717, 1.165) is 0 Å². The Labute approximate surface area is 63.2 Å². The zero-order chi connectivity index (χ0) is 8.15. The Morgan fingerprint density at radius 1 is 1.70 bits per heavy atom. The summed E-state index contributed by atoms with van der Waals surface area (Å²) in [6, 6.07) is -0.0291. The van der Waals surface area contributed by atoms with Gasteiger partial charge in [-0.1, -0.05) is 0 Å². The maximum absolute atomic E-state index is 9.93. The predicted octanol–water partition coefficient (Wildman–Crippen LogP) is -0.0771. The average molecular weight is 166 g/mol. The van der Waals surface area contributed by atoms with Crippen molar-refractivity contribution in [3.8, 4) is 0 Å². The summed E-state index contributed by atoms with van der Waals surface area (Å²) in [4.78, 5) is 0. The second-order valence-electron chi connectivity index (χ2n) is 2.32. The van der Waals surface area contributed by atoms with Crippen LogP contribution in [0.1, 0.15) is 20.3 Å². The van der Waals surface area contributed by atoms with Gasteiger partial charge in [0, 0.05) is 6.04 Å². The minimum absolute atomic E-state index is 0.0291. The van der Waals surface area contributed by atoms with E-state index < -0.39 is 11.4 Å². The molecule has 10 heavy (non-hydrogen) atoms. The molecule has 0 saturated heterocycles. The second-order valence-corrected chi connectivity index (χ2v) is 2.92. The topological polar surface area (TPSA) is 75.4 Å². The summed E-state index contributed by atoms with van der Waals surface area (Å²) in [5.41, 5.74) is 5.39. The Balaban J connectivity index is 3.43. The molecule has 0 aromatic carbocycles. The fraction of sp³-hybridized carbons (Fsp3) is 1.00. The van der Waals surface area contributed by atoms with Crippen molar-refractivity contribution in [3.05, 3.63) is 0 Å². The lowest BCUT2D eigenvalue weighted by molar-refractivity contribution is 0.202. The molecule has 5 heteroatoms. The highest BCUT2D eigenvalue weighted by molar-refractivity contribution is 7.74. The number of rotatable bonds is 4. The zero-order valence-electron chi connectivity index (χ0n) is 6.07. The molecule has 0 spiro atoms. The van der Waals surface area contributed by atoms with Crippen molar-refractivity contribution in [2.75, 3.05) is 0 Å². The van der Waals surface area contributed by atoms with Gasteiger partial charge in [-0.25, -0.2) is 4.21 Å². The molecule has 0 aromatic heterocycles. The first-order valence-electron chi connectivity index (χ1n) is 3.04. The molecular weight excluding hydrogens is 154 g/mol. The summed E-state index contributed by atoms with van der Waals surface area (Å²) < 4.78 is 24.3. The summed E-state index contributed by atoms with van der Waals surface area (Å²) in [6.45, 7) is 3.47. The van der Waals surface area contributed by atoms with E-state index in [1.807, 2.05) is 0 Å². The van der Waals surface area contributed by atoms with Gasteiger partial charge in [-0.05, 0) is 20.3 Å². The van der Waals surface area contributed by atoms with Gasteiger partial charge < -0.3 is 10.3 Å². The first-order chi connectivity index (χ1) is 4.52. The maximum Gasteiger partial charge on any atom is 0.0844 e. The van der Waals surface area contributed by atoms with Crippen LogP contribution in [0, 0.1) is 0 Å². The molecule has 0 saturated carbocycles. The molecule has 4 nitrogen and oxygen atoms in total. The normalized spacial score (nSPS) is 20.0. The Hall–Kier alpha value is 0.0300. The van der Waals surface area contributed by atoms with Crippen LogP contribution >= 0.6 is 0 Å². The van der Waals surface area contributed by atoms with Crippen molar-refractivity contribution in [2.45, 2.75) is 32.4 Å². The molecule has 3 atom stereocenters. The van der Waals surface area contributed by atoms with Crippen molar-refractivity contribution in [3.63, 3.8) is 0 Å². The summed E-state index contributed by atoms with van der Waals surface area (Å²) in [5.74, 6) is 0. The van der Waals surface area contributed by atoms with E-state index in [-0.39, 0.29) is 12.1 Å². The third kappa shape index (κ3) is 6.15. The molecule has 62 valence electrons. The quantitative estimate of drug-likeness (QED) is 0.593. The van der Waals surface area contributed by atoms with Crippen LogP contribution in [-0.2, 0) is 15.5 Å². The molecule has 0 aliphatic rings. The van der Waals surface area contributed by atoms with E-state index in [1.54, 1.807) is 13.8 Å². The molecule has 0 aromatic rings. The molecule has 0 aliphatic heterocycles. The Bertz CT molecular complexity index is 117. The van der Waals surface area contributed by atoms with Gasteiger partial charge in [-0.3, -0.25) is 4.18 Å². The van der Waals surface area contributed by atoms with Crippen LogP contribution in [0.2, 0.25) is 0 Å². The van der Waals surface area contributed by atoms with Crippen LogP contribution in [0.5, 0.6) is 0 Å². The summed E-state index contributed by atoms with van der Waals surface area (Å²) in [6.07, 6.45) is 0.229. The van der Waals surface area contributed by atoms with E-state index in [0.29, 0.717) is 6.42 Å². The first kappa shape index (κ1) is 10.0. The highest BCUT2D eigenvalue weighted by atomic mass is 32.2.